The molecule has 0 unspecified atom stereocenters. The molecule has 84 valence electrons. The number of nitrogen functional groups attached to an aromatic ring is 1. The number of anilines is 1. The zero-order chi connectivity index (χ0) is 11.5. The third-order valence-electron chi connectivity index (χ3n) is 2.68. The van der Waals surface area contributed by atoms with Gasteiger partial charge in [-0.25, -0.2) is 4.98 Å². The molecule has 1 aromatic heterocycles. The van der Waals surface area contributed by atoms with E-state index in [2.05, 4.69) is 43.1 Å². The Hall–Kier alpha value is -1.35. The predicted octanol–water partition coefficient (Wildman–Crippen LogP) is 3.13. The van der Waals surface area contributed by atoms with E-state index in [4.69, 9.17) is 5.73 Å². The molecule has 0 fully saturated rings. The monoisotopic (exact) mass is 232 g/mol. The molecule has 2 N–H and O–H groups in total. The van der Waals surface area contributed by atoms with Crippen LogP contribution in [0.25, 0.3) is 0 Å². The molecular weight excluding hydrogens is 216 g/mol. The molecule has 0 atom stereocenters. The van der Waals surface area contributed by atoms with Crippen molar-refractivity contribution in [2.75, 3.05) is 5.73 Å². The number of thiazole rings is 1. The molecule has 2 aromatic rings. The summed E-state index contributed by atoms with van der Waals surface area (Å²) in [6, 6.07) is 8.66. The highest BCUT2D eigenvalue weighted by atomic mass is 32.1. The van der Waals surface area contributed by atoms with Crippen molar-refractivity contribution in [2.24, 2.45) is 0 Å². The van der Waals surface area contributed by atoms with Crippen LogP contribution in [0.2, 0.25) is 0 Å². The molecule has 2 rings (SSSR count). The average Bonchev–Trinajstić information content (AvgIpc) is 2.57. The zero-order valence-electron chi connectivity index (χ0n) is 9.66. The minimum Gasteiger partial charge on any atom is -0.375 e. The molecule has 2 nitrogen and oxygen atoms in total. The standard InChI is InChI=1S/C13H16N2S/c1-9-3-5-11(6-4-9)7-8-12-10(2)16-13(14)15-12/h3-6H,7-8H2,1-2H3,(H2,14,15). The van der Waals surface area contributed by atoms with E-state index in [1.807, 2.05) is 0 Å². The van der Waals surface area contributed by atoms with Crippen molar-refractivity contribution in [3.05, 3.63) is 46.0 Å². The fraction of sp³-hybridized carbons (Fsp3) is 0.308. The summed E-state index contributed by atoms with van der Waals surface area (Å²) in [6.45, 7) is 4.19. The molecule has 0 aliphatic rings. The first-order valence-corrected chi connectivity index (χ1v) is 6.24. The van der Waals surface area contributed by atoms with Gasteiger partial charge in [0, 0.05) is 4.88 Å². The lowest BCUT2D eigenvalue weighted by atomic mass is 10.1. The van der Waals surface area contributed by atoms with Gasteiger partial charge in [0.05, 0.1) is 5.69 Å². The quantitative estimate of drug-likeness (QED) is 0.883. The first-order chi connectivity index (χ1) is 7.65. The second-order valence-electron chi connectivity index (χ2n) is 4.04. The van der Waals surface area contributed by atoms with Crippen molar-refractivity contribution in [1.29, 1.82) is 0 Å². The van der Waals surface area contributed by atoms with Gasteiger partial charge in [-0.1, -0.05) is 29.8 Å². The van der Waals surface area contributed by atoms with E-state index in [1.54, 1.807) is 11.3 Å². The fourth-order valence-corrected chi connectivity index (χ4v) is 2.43. The largest absolute Gasteiger partial charge is 0.375 e. The van der Waals surface area contributed by atoms with E-state index in [1.165, 1.54) is 16.0 Å². The van der Waals surface area contributed by atoms with E-state index in [-0.39, 0.29) is 0 Å². The lowest BCUT2D eigenvalue weighted by Crippen LogP contribution is -1.94. The Labute approximate surface area is 100 Å². The van der Waals surface area contributed by atoms with Gasteiger partial charge in [-0.05, 0) is 32.3 Å². The highest BCUT2D eigenvalue weighted by Crippen LogP contribution is 2.20. The topological polar surface area (TPSA) is 38.9 Å². The molecule has 1 aromatic carbocycles. The van der Waals surface area contributed by atoms with Crippen LogP contribution in [-0.2, 0) is 12.8 Å². The first kappa shape index (κ1) is 11.1. The number of benzene rings is 1. The highest BCUT2D eigenvalue weighted by molar-refractivity contribution is 7.15. The molecule has 0 saturated heterocycles. The predicted molar refractivity (Wildman–Crippen MR) is 69.9 cm³/mol. The number of nitrogens with zero attached hydrogens (tertiary/aromatic N) is 1. The molecule has 0 aliphatic heterocycles. The smallest absolute Gasteiger partial charge is 0.180 e. The van der Waals surface area contributed by atoms with E-state index in [9.17, 15) is 0 Å². The summed E-state index contributed by atoms with van der Waals surface area (Å²) < 4.78 is 0. The maximum Gasteiger partial charge on any atom is 0.180 e. The van der Waals surface area contributed by atoms with Crippen molar-refractivity contribution in [2.45, 2.75) is 26.7 Å². The van der Waals surface area contributed by atoms with Crippen LogP contribution in [0.4, 0.5) is 5.13 Å². The molecule has 3 heteroatoms. The van der Waals surface area contributed by atoms with Crippen LogP contribution in [0, 0.1) is 13.8 Å². The molecule has 16 heavy (non-hydrogen) atoms. The van der Waals surface area contributed by atoms with Crippen molar-refractivity contribution < 1.29 is 0 Å². The summed E-state index contributed by atoms with van der Waals surface area (Å²) in [6.07, 6.45) is 2.01. The summed E-state index contributed by atoms with van der Waals surface area (Å²) in [7, 11) is 0. The van der Waals surface area contributed by atoms with Crippen LogP contribution >= 0.6 is 11.3 Å². The molecule has 0 bridgehead atoms. The second kappa shape index (κ2) is 4.66. The number of hydrogen-bond acceptors (Lipinski definition) is 3. The van der Waals surface area contributed by atoms with Crippen LogP contribution in [0.1, 0.15) is 21.7 Å². The van der Waals surface area contributed by atoms with Crippen LogP contribution in [0.15, 0.2) is 24.3 Å². The van der Waals surface area contributed by atoms with Gasteiger partial charge in [-0.15, -0.1) is 11.3 Å². The number of aromatic nitrogens is 1. The Bertz CT molecular complexity index is 471. The Morgan fingerprint density at radius 1 is 1.12 bits per heavy atom. The molecule has 0 aliphatic carbocycles. The molecule has 0 saturated carbocycles. The van der Waals surface area contributed by atoms with Gasteiger partial charge in [0.1, 0.15) is 0 Å². The Balaban J connectivity index is 2.02. The van der Waals surface area contributed by atoms with Gasteiger partial charge < -0.3 is 5.73 Å². The molecular formula is C13H16N2S. The van der Waals surface area contributed by atoms with Gasteiger partial charge in [0.2, 0.25) is 0 Å². The van der Waals surface area contributed by atoms with Gasteiger partial charge in [-0.3, -0.25) is 0 Å². The number of aryl methyl sites for hydroxylation is 4. The summed E-state index contributed by atoms with van der Waals surface area (Å²) >= 11 is 1.57. The number of rotatable bonds is 3. The second-order valence-corrected chi connectivity index (χ2v) is 5.28. The normalized spacial score (nSPS) is 10.6. The van der Waals surface area contributed by atoms with Crippen LogP contribution in [0.5, 0.6) is 0 Å². The Kier molecular flexibility index (Phi) is 3.25. The molecule has 1 heterocycles. The van der Waals surface area contributed by atoms with Gasteiger partial charge in [0.25, 0.3) is 0 Å². The minimum atomic E-state index is 0.677. The lowest BCUT2D eigenvalue weighted by molar-refractivity contribution is 0.917. The zero-order valence-corrected chi connectivity index (χ0v) is 10.5. The van der Waals surface area contributed by atoms with Crippen molar-refractivity contribution in [1.82, 2.24) is 4.98 Å². The molecule has 0 amide bonds. The van der Waals surface area contributed by atoms with Crippen LogP contribution in [0.3, 0.4) is 0 Å². The lowest BCUT2D eigenvalue weighted by Gasteiger charge is -2.01. The van der Waals surface area contributed by atoms with Gasteiger partial charge >= 0.3 is 0 Å². The molecule has 0 radical (unpaired) electrons. The highest BCUT2D eigenvalue weighted by Gasteiger charge is 2.05. The number of nitrogens with two attached hydrogens (primary N) is 1. The maximum atomic E-state index is 5.68. The number of hydrogen-bond donors (Lipinski definition) is 1. The molecule has 0 spiro atoms. The summed E-state index contributed by atoms with van der Waals surface area (Å²) in [5.41, 5.74) is 9.48. The van der Waals surface area contributed by atoms with E-state index in [0.29, 0.717) is 5.13 Å². The fourth-order valence-electron chi connectivity index (χ4n) is 1.70. The third-order valence-corrected chi connectivity index (χ3v) is 3.52. The first-order valence-electron chi connectivity index (χ1n) is 5.42. The van der Waals surface area contributed by atoms with Crippen molar-refractivity contribution in [3.8, 4) is 0 Å². The summed E-state index contributed by atoms with van der Waals surface area (Å²) in [4.78, 5) is 5.58. The Morgan fingerprint density at radius 2 is 1.81 bits per heavy atom. The van der Waals surface area contributed by atoms with E-state index >= 15 is 0 Å². The van der Waals surface area contributed by atoms with Gasteiger partial charge in [-0.2, -0.15) is 0 Å². The Morgan fingerprint density at radius 3 is 2.38 bits per heavy atom. The maximum absolute atomic E-state index is 5.68. The van der Waals surface area contributed by atoms with E-state index in [0.717, 1.165) is 18.5 Å². The van der Waals surface area contributed by atoms with Crippen LogP contribution in [-0.4, -0.2) is 4.98 Å². The summed E-state index contributed by atoms with van der Waals surface area (Å²) in [5.74, 6) is 0. The van der Waals surface area contributed by atoms with Crippen molar-refractivity contribution >= 4 is 16.5 Å². The van der Waals surface area contributed by atoms with E-state index < -0.39 is 0 Å². The SMILES string of the molecule is Cc1ccc(CCc2nc(N)sc2C)cc1. The third kappa shape index (κ3) is 2.61. The van der Waals surface area contributed by atoms with Crippen molar-refractivity contribution in [3.63, 3.8) is 0 Å². The average molecular weight is 232 g/mol. The van der Waals surface area contributed by atoms with Crippen LogP contribution < -0.4 is 5.73 Å². The van der Waals surface area contributed by atoms with Gasteiger partial charge in [0.15, 0.2) is 5.13 Å². The minimum absolute atomic E-state index is 0.677. The summed E-state index contributed by atoms with van der Waals surface area (Å²) in [5, 5.41) is 0.677.